The van der Waals surface area contributed by atoms with Crippen molar-refractivity contribution in [1.29, 1.82) is 5.26 Å². The molecule has 6 nitrogen and oxygen atoms in total. The number of nitro benzene ring substituents is 1. The number of nitriles is 1. The van der Waals surface area contributed by atoms with Gasteiger partial charge >= 0.3 is 0 Å². The number of nitrogens with one attached hydrogen (secondary N) is 1. The van der Waals surface area contributed by atoms with Crippen LogP contribution < -0.4 is 5.32 Å². The number of nitrogens with zero attached hydrogens (tertiary/aromatic N) is 2. The van der Waals surface area contributed by atoms with Crippen LogP contribution in [0.15, 0.2) is 18.2 Å². The second kappa shape index (κ2) is 5.98. The molecule has 1 aromatic carbocycles. The van der Waals surface area contributed by atoms with E-state index in [0.717, 1.165) is 6.07 Å². The lowest BCUT2D eigenvalue weighted by Gasteiger charge is -2.09. The first-order chi connectivity index (χ1) is 8.49. The Kier molecular flexibility index (Phi) is 4.63. The summed E-state index contributed by atoms with van der Waals surface area (Å²) in [6.45, 7) is 1.76. The third-order valence-electron chi connectivity index (χ3n) is 2.28. The SMILES string of the molecule is CCC(C#N)NC(=O)c1ccc([N+](=O)[O-])cc1Cl. The molecule has 0 aromatic heterocycles. The highest BCUT2D eigenvalue weighted by atomic mass is 35.5. The fraction of sp³-hybridized carbons (Fsp3) is 0.273. The first-order valence-electron chi connectivity index (χ1n) is 5.14. The van der Waals surface area contributed by atoms with Crippen molar-refractivity contribution in [2.75, 3.05) is 0 Å². The molecule has 0 aliphatic rings. The van der Waals surface area contributed by atoms with E-state index in [2.05, 4.69) is 5.32 Å². The van der Waals surface area contributed by atoms with Crippen LogP contribution in [0.5, 0.6) is 0 Å². The molecule has 0 saturated carbocycles. The van der Waals surface area contributed by atoms with Crippen LogP contribution in [0, 0.1) is 21.4 Å². The molecule has 1 atom stereocenters. The Labute approximate surface area is 108 Å². The average Bonchev–Trinajstić information content (AvgIpc) is 2.35. The van der Waals surface area contributed by atoms with Gasteiger partial charge in [-0.05, 0) is 12.5 Å². The lowest BCUT2D eigenvalue weighted by molar-refractivity contribution is -0.384. The van der Waals surface area contributed by atoms with Gasteiger partial charge < -0.3 is 5.32 Å². The average molecular weight is 268 g/mol. The van der Waals surface area contributed by atoms with Crippen LogP contribution in [-0.4, -0.2) is 16.9 Å². The third kappa shape index (κ3) is 3.18. The molecule has 18 heavy (non-hydrogen) atoms. The van der Waals surface area contributed by atoms with E-state index in [1.807, 2.05) is 6.07 Å². The van der Waals surface area contributed by atoms with Crippen LogP contribution in [0.3, 0.4) is 0 Å². The van der Waals surface area contributed by atoms with Crippen molar-refractivity contribution in [2.45, 2.75) is 19.4 Å². The first-order valence-corrected chi connectivity index (χ1v) is 5.51. The summed E-state index contributed by atoms with van der Waals surface area (Å²) in [5.74, 6) is -0.525. The van der Waals surface area contributed by atoms with Gasteiger partial charge in [-0.2, -0.15) is 5.26 Å². The molecule has 1 amide bonds. The lowest BCUT2D eigenvalue weighted by Crippen LogP contribution is -2.33. The van der Waals surface area contributed by atoms with Crippen molar-refractivity contribution in [3.05, 3.63) is 38.9 Å². The van der Waals surface area contributed by atoms with E-state index in [1.54, 1.807) is 6.92 Å². The Morgan fingerprint density at radius 3 is 2.78 bits per heavy atom. The molecule has 0 radical (unpaired) electrons. The summed E-state index contributed by atoms with van der Waals surface area (Å²) < 4.78 is 0. The molecule has 0 aliphatic heterocycles. The van der Waals surface area contributed by atoms with Gasteiger partial charge in [-0.1, -0.05) is 18.5 Å². The number of nitro groups is 1. The highest BCUT2D eigenvalue weighted by Gasteiger charge is 2.17. The first kappa shape index (κ1) is 13.9. The van der Waals surface area contributed by atoms with E-state index in [0.29, 0.717) is 6.42 Å². The molecule has 0 fully saturated rings. The quantitative estimate of drug-likeness (QED) is 0.668. The van der Waals surface area contributed by atoms with E-state index in [-0.39, 0.29) is 16.3 Å². The predicted octanol–water partition coefficient (Wildman–Crippen LogP) is 2.28. The van der Waals surface area contributed by atoms with E-state index in [4.69, 9.17) is 16.9 Å². The van der Waals surface area contributed by atoms with E-state index in [9.17, 15) is 14.9 Å². The molecular formula is C11H10ClN3O3. The Morgan fingerprint density at radius 1 is 1.67 bits per heavy atom. The molecule has 0 aliphatic carbocycles. The molecule has 1 rings (SSSR count). The highest BCUT2D eigenvalue weighted by Crippen LogP contribution is 2.22. The molecule has 0 spiro atoms. The van der Waals surface area contributed by atoms with E-state index in [1.165, 1.54) is 12.1 Å². The number of carbonyl (C=O) groups is 1. The Balaban J connectivity index is 2.94. The number of hydrogen-bond donors (Lipinski definition) is 1. The van der Waals surface area contributed by atoms with Crippen molar-refractivity contribution in [2.24, 2.45) is 0 Å². The fourth-order valence-electron chi connectivity index (χ4n) is 1.26. The molecule has 94 valence electrons. The van der Waals surface area contributed by atoms with Gasteiger partial charge in [-0.15, -0.1) is 0 Å². The van der Waals surface area contributed by atoms with Gasteiger partial charge in [-0.3, -0.25) is 14.9 Å². The van der Waals surface area contributed by atoms with Crippen molar-refractivity contribution in [3.8, 4) is 6.07 Å². The van der Waals surface area contributed by atoms with Crippen molar-refractivity contribution < 1.29 is 9.72 Å². The number of rotatable bonds is 4. The summed E-state index contributed by atoms with van der Waals surface area (Å²) in [5, 5.41) is 21.7. The van der Waals surface area contributed by atoms with Gasteiger partial charge in [0.15, 0.2) is 0 Å². The molecule has 0 bridgehead atoms. The van der Waals surface area contributed by atoms with Crippen LogP contribution in [0.1, 0.15) is 23.7 Å². The topological polar surface area (TPSA) is 96.0 Å². The van der Waals surface area contributed by atoms with Crippen molar-refractivity contribution in [3.63, 3.8) is 0 Å². The largest absolute Gasteiger partial charge is 0.336 e. The summed E-state index contributed by atoms with van der Waals surface area (Å²) in [5.41, 5.74) is -0.0835. The molecule has 1 unspecified atom stereocenters. The summed E-state index contributed by atoms with van der Waals surface area (Å²) in [4.78, 5) is 21.7. The zero-order valence-electron chi connectivity index (χ0n) is 9.51. The maximum Gasteiger partial charge on any atom is 0.270 e. The summed E-state index contributed by atoms with van der Waals surface area (Å²) in [6.07, 6.45) is 0.465. The van der Waals surface area contributed by atoms with Crippen LogP contribution >= 0.6 is 11.6 Å². The lowest BCUT2D eigenvalue weighted by atomic mass is 10.1. The monoisotopic (exact) mass is 267 g/mol. The molecule has 0 heterocycles. The standard InChI is InChI=1S/C11H10ClN3O3/c1-2-7(6-13)14-11(16)9-4-3-8(15(17)18)5-10(9)12/h3-5,7H,2H2,1H3,(H,14,16). The molecule has 1 aromatic rings. The van der Waals surface area contributed by atoms with E-state index < -0.39 is 16.9 Å². The highest BCUT2D eigenvalue weighted by molar-refractivity contribution is 6.34. The summed E-state index contributed by atoms with van der Waals surface area (Å²) in [6, 6.07) is 4.86. The number of carbonyl (C=O) groups excluding carboxylic acids is 1. The zero-order chi connectivity index (χ0) is 13.7. The van der Waals surface area contributed by atoms with Gasteiger partial charge in [0, 0.05) is 12.1 Å². The minimum atomic E-state index is -0.608. The minimum Gasteiger partial charge on any atom is -0.336 e. The summed E-state index contributed by atoms with van der Waals surface area (Å²) >= 11 is 5.79. The second-order valence-corrected chi connectivity index (χ2v) is 3.89. The zero-order valence-corrected chi connectivity index (χ0v) is 10.3. The number of hydrogen-bond acceptors (Lipinski definition) is 4. The van der Waals surface area contributed by atoms with Crippen molar-refractivity contribution in [1.82, 2.24) is 5.32 Å². The van der Waals surface area contributed by atoms with Crippen LogP contribution in [0.25, 0.3) is 0 Å². The fourth-order valence-corrected chi connectivity index (χ4v) is 1.52. The maximum atomic E-state index is 11.8. The van der Waals surface area contributed by atoms with Gasteiger partial charge in [0.25, 0.3) is 11.6 Å². The molecular weight excluding hydrogens is 258 g/mol. The molecule has 0 saturated heterocycles. The minimum absolute atomic E-state index is 0.0190. The van der Waals surface area contributed by atoms with Gasteiger partial charge in [0.2, 0.25) is 0 Å². The number of amides is 1. The Morgan fingerprint density at radius 2 is 2.33 bits per heavy atom. The second-order valence-electron chi connectivity index (χ2n) is 3.48. The van der Waals surface area contributed by atoms with Gasteiger partial charge in [0.05, 0.1) is 21.6 Å². The maximum absolute atomic E-state index is 11.8. The number of benzene rings is 1. The van der Waals surface area contributed by atoms with E-state index >= 15 is 0 Å². The van der Waals surface area contributed by atoms with Gasteiger partial charge in [0.1, 0.15) is 6.04 Å². The Bertz CT molecular complexity index is 525. The number of non-ortho nitro benzene ring substituents is 1. The third-order valence-corrected chi connectivity index (χ3v) is 2.59. The van der Waals surface area contributed by atoms with Gasteiger partial charge in [-0.25, -0.2) is 0 Å². The summed E-state index contributed by atoms with van der Waals surface area (Å²) in [7, 11) is 0. The molecule has 7 heteroatoms. The Hall–Kier alpha value is -2.13. The normalized spacial score (nSPS) is 11.4. The van der Waals surface area contributed by atoms with Crippen LogP contribution in [-0.2, 0) is 0 Å². The van der Waals surface area contributed by atoms with Crippen molar-refractivity contribution >= 4 is 23.2 Å². The van der Waals surface area contributed by atoms with Crippen LogP contribution in [0.2, 0.25) is 5.02 Å². The smallest absolute Gasteiger partial charge is 0.270 e. The number of halogens is 1. The van der Waals surface area contributed by atoms with Crippen LogP contribution in [0.4, 0.5) is 5.69 Å². The predicted molar refractivity (Wildman–Crippen MR) is 65.3 cm³/mol. The molecule has 1 N–H and O–H groups in total.